The Labute approximate surface area is 107 Å². The molecule has 0 saturated heterocycles. The molecular formula is C11H21N3O4. The number of nitrogens with zero attached hydrogens (tertiary/aromatic N) is 2. The number of carbonyl (C=O) groups is 3. The number of rotatable bonds is 5. The molecule has 2 amide bonds. The quantitative estimate of drug-likeness (QED) is 0.667. The zero-order valence-corrected chi connectivity index (χ0v) is 11.4. The molecule has 7 heteroatoms. The Bertz CT molecular complexity index is 347. The van der Waals surface area contributed by atoms with Gasteiger partial charge in [-0.2, -0.15) is 0 Å². The van der Waals surface area contributed by atoms with Crippen molar-refractivity contribution in [3.05, 3.63) is 0 Å². The molecule has 0 heterocycles. The van der Waals surface area contributed by atoms with Crippen LogP contribution in [0.25, 0.3) is 0 Å². The lowest BCUT2D eigenvalue weighted by molar-refractivity contribution is -0.150. The first-order valence-corrected chi connectivity index (χ1v) is 5.47. The molecule has 0 fully saturated rings. The molecule has 0 aromatic heterocycles. The van der Waals surface area contributed by atoms with Crippen molar-refractivity contribution in [3.63, 3.8) is 0 Å². The number of nitrogens with two attached hydrogens (primary N) is 1. The lowest BCUT2D eigenvalue weighted by Gasteiger charge is -2.32. The maximum atomic E-state index is 12.0. The third-order valence-electron chi connectivity index (χ3n) is 2.43. The van der Waals surface area contributed by atoms with E-state index in [2.05, 4.69) is 0 Å². The lowest BCUT2D eigenvalue weighted by Crippen LogP contribution is -2.56. The largest absolute Gasteiger partial charge is 0.481 e. The lowest BCUT2D eigenvalue weighted by atomic mass is 10.0. The summed E-state index contributed by atoms with van der Waals surface area (Å²) in [5.74, 6) is -2.08. The molecule has 0 aliphatic heterocycles. The van der Waals surface area contributed by atoms with Crippen LogP contribution in [0.4, 0.5) is 0 Å². The Morgan fingerprint density at radius 3 is 1.94 bits per heavy atom. The van der Waals surface area contributed by atoms with E-state index < -0.39 is 35.8 Å². The summed E-state index contributed by atoms with van der Waals surface area (Å²) in [5.41, 5.74) is 4.51. The van der Waals surface area contributed by atoms with Crippen molar-refractivity contribution >= 4 is 17.8 Å². The van der Waals surface area contributed by atoms with E-state index in [9.17, 15) is 14.4 Å². The zero-order chi connectivity index (χ0) is 14.7. The van der Waals surface area contributed by atoms with Gasteiger partial charge in [0.05, 0.1) is 12.0 Å². The summed E-state index contributed by atoms with van der Waals surface area (Å²) >= 11 is 0. The molecule has 0 saturated carbocycles. The second-order valence-electron chi connectivity index (χ2n) is 4.98. The predicted octanol–water partition coefficient (Wildman–Crippen LogP) is -0.886. The highest BCUT2D eigenvalue weighted by Gasteiger charge is 2.35. The number of aliphatic carboxylic acids is 1. The number of hydrogen-bond acceptors (Lipinski definition) is 4. The van der Waals surface area contributed by atoms with Gasteiger partial charge in [-0.25, -0.2) is 0 Å². The Morgan fingerprint density at radius 1 is 1.22 bits per heavy atom. The van der Waals surface area contributed by atoms with E-state index >= 15 is 0 Å². The number of carboxylic acid groups (broad SMARTS) is 1. The van der Waals surface area contributed by atoms with Gasteiger partial charge in [-0.15, -0.1) is 0 Å². The maximum Gasteiger partial charge on any atom is 0.305 e. The van der Waals surface area contributed by atoms with Crippen molar-refractivity contribution in [3.8, 4) is 0 Å². The van der Waals surface area contributed by atoms with Crippen molar-refractivity contribution in [1.29, 1.82) is 0 Å². The van der Waals surface area contributed by atoms with E-state index in [1.165, 1.54) is 39.9 Å². The molecule has 0 radical (unpaired) electrons. The summed E-state index contributed by atoms with van der Waals surface area (Å²) in [4.78, 5) is 36.9. The Kier molecular flexibility index (Phi) is 5.29. The minimum Gasteiger partial charge on any atom is -0.481 e. The van der Waals surface area contributed by atoms with Crippen LogP contribution in [-0.2, 0) is 14.4 Å². The highest BCUT2D eigenvalue weighted by Crippen LogP contribution is 2.11. The molecule has 3 N–H and O–H groups in total. The van der Waals surface area contributed by atoms with Gasteiger partial charge in [-0.3, -0.25) is 14.4 Å². The molecule has 0 aromatic carbocycles. The highest BCUT2D eigenvalue weighted by molar-refractivity contribution is 5.93. The van der Waals surface area contributed by atoms with Gasteiger partial charge in [0, 0.05) is 21.1 Å². The van der Waals surface area contributed by atoms with Crippen molar-refractivity contribution in [2.45, 2.75) is 31.8 Å². The number of amides is 2. The minimum absolute atomic E-state index is 0.447. The number of hydrogen-bond donors (Lipinski definition) is 2. The molecule has 0 unspecified atom stereocenters. The van der Waals surface area contributed by atoms with Gasteiger partial charge in [-0.1, -0.05) is 0 Å². The fraction of sp³-hybridized carbons (Fsp3) is 0.727. The average Bonchev–Trinajstić information content (AvgIpc) is 2.21. The van der Waals surface area contributed by atoms with Crippen molar-refractivity contribution in [2.24, 2.45) is 5.73 Å². The fourth-order valence-corrected chi connectivity index (χ4v) is 1.45. The Hall–Kier alpha value is -1.63. The Morgan fingerprint density at radius 2 is 1.67 bits per heavy atom. The molecular weight excluding hydrogens is 238 g/mol. The summed E-state index contributed by atoms with van der Waals surface area (Å²) < 4.78 is 0. The molecule has 0 aliphatic carbocycles. The Balaban J connectivity index is 5.14. The summed E-state index contributed by atoms with van der Waals surface area (Å²) in [5, 5.41) is 8.81. The van der Waals surface area contributed by atoms with Gasteiger partial charge in [0.1, 0.15) is 6.04 Å². The van der Waals surface area contributed by atoms with Crippen molar-refractivity contribution < 1.29 is 19.5 Å². The van der Waals surface area contributed by atoms with Gasteiger partial charge in [0.25, 0.3) is 0 Å². The van der Waals surface area contributed by atoms with E-state index in [1.54, 1.807) is 0 Å². The second kappa shape index (κ2) is 5.81. The molecule has 7 nitrogen and oxygen atoms in total. The number of carbonyl (C=O) groups excluding carboxylic acids is 2. The first-order valence-electron chi connectivity index (χ1n) is 5.47. The van der Waals surface area contributed by atoms with Gasteiger partial charge in [0.2, 0.25) is 11.8 Å². The minimum atomic E-state index is -1.15. The molecule has 0 spiro atoms. The molecule has 104 valence electrons. The molecule has 0 bridgehead atoms. The first-order chi connectivity index (χ1) is 7.98. The van der Waals surface area contributed by atoms with Crippen LogP contribution in [0.15, 0.2) is 0 Å². The van der Waals surface area contributed by atoms with E-state index in [0.29, 0.717) is 0 Å². The monoisotopic (exact) mass is 259 g/mol. The van der Waals surface area contributed by atoms with Crippen LogP contribution in [0.5, 0.6) is 0 Å². The van der Waals surface area contributed by atoms with Gasteiger partial charge in [0.15, 0.2) is 0 Å². The standard InChI is InChI=1S/C11H21N3O4/c1-11(2,12)10(18)14(5)7(6-8(15)16)9(17)13(3)4/h7H,6,12H2,1-5H3,(H,15,16)/t7-/m0/s1. The molecule has 0 aromatic rings. The molecule has 18 heavy (non-hydrogen) atoms. The van der Waals surface area contributed by atoms with Gasteiger partial charge >= 0.3 is 5.97 Å². The first kappa shape index (κ1) is 16.4. The van der Waals surface area contributed by atoms with E-state index in [1.807, 2.05) is 0 Å². The maximum absolute atomic E-state index is 12.0. The topological polar surface area (TPSA) is 104 Å². The van der Waals surface area contributed by atoms with Crippen LogP contribution in [-0.4, -0.2) is 65.4 Å². The SMILES string of the molecule is CN(C)C(=O)[C@H](CC(=O)O)N(C)C(=O)C(C)(C)N. The summed E-state index contributed by atoms with van der Waals surface area (Å²) in [6, 6.07) is -1.05. The summed E-state index contributed by atoms with van der Waals surface area (Å²) in [6.45, 7) is 3.01. The highest BCUT2D eigenvalue weighted by atomic mass is 16.4. The second-order valence-corrected chi connectivity index (χ2v) is 4.98. The van der Waals surface area contributed by atoms with Gasteiger partial charge < -0.3 is 20.6 Å². The molecule has 0 aliphatic rings. The predicted molar refractivity (Wildman–Crippen MR) is 65.8 cm³/mol. The summed E-state index contributed by atoms with van der Waals surface area (Å²) in [6.07, 6.45) is -0.449. The van der Waals surface area contributed by atoms with Crippen LogP contribution >= 0.6 is 0 Å². The molecule has 0 rings (SSSR count). The van der Waals surface area contributed by atoms with Crippen molar-refractivity contribution in [1.82, 2.24) is 9.80 Å². The van der Waals surface area contributed by atoms with Crippen LogP contribution in [0.3, 0.4) is 0 Å². The van der Waals surface area contributed by atoms with Crippen LogP contribution in [0, 0.1) is 0 Å². The fourth-order valence-electron chi connectivity index (χ4n) is 1.45. The van der Waals surface area contributed by atoms with Crippen LogP contribution in [0.2, 0.25) is 0 Å². The average molecular weight is 259 g/mol. The third-order valence-corrected chi connectivity index (χ3v) is 2.43. The van der Waals surface area contributed by atoms with Crippen LogP contribution < -0.4 is 5.73 Å². The van der Waals surface area contributed by atoms with E-state index in [0.717, 1.165) is 4.90 Å². The smallest absolute Gasteiger partial charge is 0.305 e. The molecule has 1 atom stereocenters. The number of likely N-dealkylation sites (N-methyl/N-ethyl adjacent to an activating group) is 2. The third kappa shape index (κ3) is 4.33. The van der Waals surface area contributed by atoms with Crippen molar-refractivity contribution in [2.75, 3.05) is 21.1 Å². The van der Waals surface area contributed by atoms with E-state index in [-0.39, 0.29) is 0 Å². The van der Waals surface area contributed by atoms with Crippen LogP contribution in [0.1, 0.15) is 20.3 Å². The summed E-state index contributed by atoms with van der Waals surface area (Å²) in [7, 11) is 4.39. The zero-order valence-electron chi connectivity index (χ0n) is 11.4. The van der Waals surface area contributed by atoms with Gasteiger partial charge in [-0.05, 0) is 13.8 Å². The van der Waals surface area contributed by atoms with E-state index in [4.69, 9.17) is 10.8 Å². The normalized spacial score (nSPS) is 12.8. The number of carboxylic acids is 1.